The number of benzene rings is 1. The SMILES string of the molecule is CCOc1cc(F)c(CCC(CN)CO)cc1OCC. The lowest BCUT2D eigenvalue weighted by Gasteiger charge is -2.15. The van der Waals surface area contributed by atoms with E-state index in [-0.39, 0.29) is 18.3 Å². The van der Waals surface area contributed by atoms with E-state index in [9.17, 15) is 4.39 Å². The topological polar surface area (TPSA) is 64.7 Å². The zero-order valence-corrected chi connectivity index (χ0v) is 12.2. The number of ether oxygens (including phenoxy) is 2. The van der Waals surface area contributed by atoms with Crippen LogP contribution in [0.1, 0.15) is 25.8 Å². The maximum absolute atomic E-state index is 14.0. The molecule has 1 unspecified atom stereocenters. The van der Waals surface area contributed by atoms with Gasteiger partial charge in [-0.1, -0.05) is 0 Å². The van der Waals surface area contributed by atoms with Crippen molar-refractivity contribution in [3.63, 3.8) is 0 Å². The third kappa shape index (κ3) is 4.65. The van der Waals surface area contributed by atoms with Gasteiger partial charge in [-0.05, 0) is 50.8 Å². The number of aliphatic hydroxyl groups is 1. The van der Waals surface area contributed by atoms with Crippen LogP contribution in [0.15, 0.2) is 12.1 Å². The van der Waals surface area contributed by atoms with Gasteiger partial charge in [0.25, 0.3) is 0 Å². The van der Waals surface area contributed by atoms with Crippen LogP contribution in [0.4, 0.5) is 4.39 Å². The summed E-state index contributed by atoms with van der Waals surface area (Å²) in [5.41, 5.74) is 6.09. The van der Waals surface area contributed by atoms with Crippen LogP contribution in [0.5, 0.6) is 11.5 Å². The third-order valence-electron chi connectivity index (χ3n) is 3.13. The van der Waals surface area contributed by atoms with Crippen molar-refractivity contribution in [1.82, 2.24) is 0 Å². The molecule has 0 bridgehead atoms. The molecule has 0 saturated carbocycles. The van der Waals surface area contributed by atoms with Crippen molar-refractivity contribution in [2.75, 3.05) is 26.4 Å². The lowest BCUT2D eigenvalue weighted by Crippen LogP contribution is -2.18. The molecule has 1 rings (SSSR count). The zero-order chi connectivity index (χ0) is 15.0. The van der Waals surface area contributed by atoms with Gasteiger partial charge in [0.05, 0.1) is 13.2 Å². The average molecular weight is 285 g/mol. The van der Waals surface area contributed by atoms with Gasteiger partial charge >= 0.3 is 0 Å². The summed E-state index contributed by atoms with van der Waals surface area (Å²) >= 11 is 0. The smallest absolute Gasteiger partial charge is 0.164 e. The number of nitrogens with two attached hydrogens (primary N) is 1. The average Bonchev–Trinajstić information content (AvgIpc) is 2.44. The summed E-state index contributed by atoms with van der Waals surface area (Å²) in [6.07, 6.45) is 1.16. The van der Waals surface area contributed by atoms with Gasteiger partial charge in [-0.25, -0.2) is 4.39 Å². The van der Waals surface area contributed by atoms with E-state index < -0.39 is 0 Å². The van der Waals surface area contributed by atoms with E-state index in [0.717, 1.165) is 0 Å². The highest BCUT2D eigenvalue weighted by molar-refractivity contribution is 5.44. The molecule has 5 heteroatoms. The Labute approximate surface area is 119 Å². The lowest BCUT2D eigenvalue weighted by molar-refractivity contribution is 0.222. The first kappa shape index (κ1) is 16.7. The number of halogens is 1. The summed E-state index contributed by atoms with van der Waals surface area (Å²) in [6.45, 7) is 5.08. The maximum atomic E-state index is 14.0. The van der Waals surface area contributed by atoms with E-state index in [2.05, 4.69) is 0 Å². The highest BCUT2D eigenvalue weighted by Gasteiger charge is 2.13. The number of rotatable bonds is 9. The van der Waals surface area contributed by atoms with Crippen molar-refractivity contribution in [2.45, 2.75) is 26.7 Å². The van der Waals surface area contributed by atoms with Gasteiger partial charge < -0.3 is 20.3 Å². The molecular weight excluding hydrogens is 261 g/mol. The number of hydrogen-bond donors (Lipinski definition) is 2. The Kier molecular flexibility index (Phi) is 7.33. The molecule has 0 amide bonds. The third-order valence-corrected chi connectivity index (χ3v) is 3.13. The summed E-state index contributed by atoms with van der Waals surface area (Å²) in [5, 5.41) is 9.11. The summed E-state index contributed by atoms with van der Waals surface area (Å²) in [5.74, 6) is 0.661. The minimum Gasteiger partial charge on any atom is -0.490 e. The molecule has 0 fully saturated rings. The molecule has 3 N–H and O–H groups in total. The largest absolute Gasteiger partial charge is 0.490 e. The molecule has 1 atom stereocenters. The summed E-state index contributed by atoms with van der Waals surface area (Å²) in [7, 11) is 0. The quantitative estimate of drug-likeness (QED) is 0.729. The first-order chi connectivity index (χ1) is 9.65. The van der Waals surface area contributed by atoms with Gasteiger partial charge in [0.1, 0.15) is 5.82 Å². The van der Waals surface area contributed by atoms with Gasteiger partial charge in [-0.15, -0.1) is 0 Å². The lowest BCUT2D eigenvalue weighted by atomic mass is 9.99. The fourth-order valence-corrected chi connectivity index (χ4v) is 1.95. The van der Waals surface area contributed by atoms with Gasteiger partial charge in [-0.2, -0.15) is 0 Å². The molecule has 0 radical (unpaired) electrons. The van der Waals surface area contributed by atoms with Crippen LogP contribution in [-0.2, 0) is 6.42 Å². The Hall–Kier alpha value is -1.33. The molecule has 1 aromatic rings. The highest BCUT2D eigenvalue weighted by atomic mass is 19.1. The Morgan fingerprint density at radius 1 is 1.20 bits per heavy atom. The van der Waals surface area contributed by atoms with Crippen molar-refractivity contribution in [3.8, 4) is 11.5 Å². The highest BCUT2D eigenvalue weighted by Crippen LogP contribution is 2.31. The summed E-state index contributed by atoms with van der Waals surface area (Å²) in [6, 6.07) is 3.04. The van der Waals surface area contributed by atoms with E-state index in [1.165, 1.54) is 6.07 Å². The van der Waals surface area contributed by atoms with Gasteiger partial charge in [0.15, 0.2) is 11.5 Å². The first-order valence-corrected chi connectivity index (χ1v) is 7.05. The van der Waals surface area contributed by atoms with E-state index in [1.807, 2.05) is 13.8 Å². The predicted octanol–water partition coefficient (Wildman–Crippen LogP) is 2.12. The van der Waals surface area contributed by atoms with Crippen LogP contribution < -0.4 is 15.2 Å². The minimum absolute atomic E-state index is 0.00323. The standard InChI is InChI=1S/C15H24FNO3/c1-3-19-14-7-12(6-5-11(9-17)10-18)13(16)8-15(14)20-4-2/h7-8,11,18H,3-6,9-10,17H2,1-2H3. The van der Waals surface area contributed by atoms with Crippen LogP contribution >= 0.6 is 0 Å². The van der Waals surface area contributed by atoms with Crippen LogP contribution in [0, 0.1) is 11.7 Å². The Morgan fingerprint density at radius 2 is 1.80 bits per heavy atom. The van der Waals surface area contributed by atoms with Crippen LogP contribution in [0.2, 0.25) is 0 Å². The Bertz CT molecular complexity index is 408. The fourth-order valence-electron chi connectivity index (χ4n) is 1.95. The molecule has 4 nitrogen and oxygen atoms in total. The second-order valence-electron chi connectivity index (χ2n) is 4.58. The Balaban J connectivity index is 2.87. The number of aliphatic hydroxyl groups excluding tert-OH is 1. The molecule has 0 aliphatic carbocycles. The van der Waals surface area contributed by atoms with Crippen LogP contribution in [-0.4, -0.2) is 31.5 Å². The van der Waals surface area contributed by atoms with E-state index in [4.69, 9.17) is 20.3 Å². The van der Waals surface area contributed by atoms with E-state index in [1.54, 1.807) is 6.07 Å². The molecule has 0 aliphatic rings. The molecule has 1 aromatic carbocycles. The predicted molar refractivity (Wildman–Crippen MR) is 76.7 cm³/mol. The normalized spacial score (nSPS) is 12.2. The van der Waals surface area contributed by atoms with Gasteiger partial charge in [-0.3, -0.25) is 0 Å². The van der Waals surface area contributed by atoms with Crippen molar-refractivity contribution in [2.24, 2.45) is 11.7 Å². The minimum atomic E-state index is -0.314. The molecule has 0 aliphatic heterocycles. The van der Waals surface area contributed by atoms with Gasteiger partial charge in [0.2, 0.25) is 0 Å². The molecule has 0 spiro atoms. The zero-order valence-electron chi connectivity index (χ0n) is 12.2. The summed E-state index contributed by atoms with van der Waals surface area (Å²) < 4.78 is 24.9. The monoisotopic (exact) mass is 285 g/mol. The van der Waals surface area contributed by atoms with Crippen LogP contribution in [0.3, 0.4) is 0 Å². The Morgan fingerprint density at radius 3 is 2.30 bits per heavy atom. The first-order valence-electron chi connectivity index (χ1n) is 7.05. The molecule has 114 valence electrons. The molecule has 0 aromatic heterocycles. The van der Waals surface area contributed by atoms with Crippen molar-refractivity contribution < 1.29 is 19.0 Å². The van der Waals surface area contributed by atoms with Crippen molar-refractivity contribution in [3.05, 3.63) is 23.5 Å². The maximum Gasteiger partial charge on any atom is 0.164 e. The molecular formula is C15H24FNO3. The fraction of sp³-hybridized carbons (Fsp3) is 0.600. The van der Waals surface area contributed by atoms with Crippen LogP contribution in [0.25, 0.3) is 0 Å². The number of hydrogen-bond acceptors (Lipinski definition) is 4. The van der Waals surface area contributed by atoms with Gasteiger partial charge in [0, 0.05) is 12.7 Å². The van der Waals surface area contributed by atoms with E-state index in [0.29, 0.717) is 49.7 Å². The molecule has 20 heavy (non-hydrogen) atoms. The van der Waals surface area contributed by atoms with Crippen molar-refractivity contribution >= 4 is 0 Å². The molecule has 0 saturated heterocycles. The molecule has 0 heterocycles. The second kappa shape index (κ2) is 8.76. The summed E-state index contributed by atoms with van der Waals surface area (Å²) in [4.78, 5) is 0. The van der Waals surface area contributed by atoms with Crippen molar-refractivity contribution in [1.29, 1.82) is 0 Å². The second-order valence-corrected chi connectivity index (χ2v) is 4.58. The number of aryl methyl sites for hydroxylation is 1. The van der Waals surface area contributed by atoms with E-state index >= 15 is 0 Å².